The van der Waals surface area contributed by atoms with Crippen molar-refractivity contribution in [2.24, 2.45) is 5.92 Å². The van der Waals surface area contributed by atoms with Crippen LogP contribution in [0.5, 0.6) is 0 Å². The zero-order chi connectivity index (χ0) is 14.9. The molecule has 2 heterocycles. The van der Waals surface area contributed by atoms with Gasteiger partial charge in [0.05, 0.1) is 12.3 Å². The van der Waals surface area contributed by atoms with Crippen molar-refractivity contribution >= 4 is 5.82 Å². The summed E-state index contributed by atoms with van der Waals surface area (Å²) in [6, 6.07) is 0. The largest absolute Gasteiger partial charge is 0.384 e. The molecule has 1 aromatic heterocycles. The molecule has 0 amide bonds. The number of hydrogen-bond acceptors (Lipinski definition) is 3. The number of rotatable bonds is 3. The van der Waals surface area contributed by atoms with E-state index in [4.69, 9.17) is 15.5 Å². The van der Waals surface area contributed by atoms with Gasteiger partial charge in [0, 0.05) is 24.5 Å². The molecule has 2 N–H and O–H groups in total. The summed E-state index contributed by atoms with van der Waals surface area (Å²) in [5, 5.41) is 0. The number of imidazole rings is 1. The van der Waals surface area contributed by atoms with E-state index in [1.165, 1.54) is 0 Å². The predicted molar refractivity (Wildman–Crippen MR) is 83.0 cm³/mol. The highest BCUT2D eigenvalue weighted by atomic mass is 16.5. The number of hydrogen-bond donors (Lipinski definition) is 1. The Morgan fingerprint density at radius 2 is 2.10 bits per heavy atom. The average molecular weight is 279 g/mol. The van der Waals surface area contributed by atoms with E-state index in [1.54, 1.807) is 0 Å². The van der Waals surface area contributed by atoms with Gasteiger partial charge in [-0.25, -0.2) is 4.98 Å². The molecule has 1 fully saturated rings. The van der Waals surface area contributed by atoms with Gasteiger partial charge in [0.15, 0.2) is 0 Å². The highest BCUT2D eigenvalue weighted by molar-refractivity contribution is 5.42. The van der Waals surface area contributed by atoms with E-state index >= 15 is 0 Å². The average Bonchev–Trinajstić information content (AvgIpc) is 2.67. The Bertz CT molecular complexity index is 451. The lowest BCUT2D eigenvalue weighted by Crippen LogP contribution is -2.21. The van der Waals surface area contributed by atoms with Gasteiger partial charge in [-0.05, 0) is 18.8 Å². The maximum absolute atomic E-state index is 6.42. The zero-order valence-corrected chi connectivity index (χ0v) is 13.6. The molecule has 1 aromatic rings. The Hall–Kier alpha value is -1.03. The molecule has 4 nitrogen and oxygen atoms in total. The van der Waals surface area contributed by atoms with E-state index in [0.717, 1.165) is 49.9 Å². The molecule has 1 aliphatic heterocycles. The Morgan fingerprint density at radius 3 is 2.60 bits per heavy atom. The maximum Gasteiger partial charge on any atom is 0.127 e. The maximum atomic E-state index is 6.42. The Morgan fingerprint density at radius 1 is 1.40 bits per heavy atom. The molecule has 0 spiro atoms. The number of nitrogens with zero attached hydrogens (tertiary/aromatic N) is 2. The summed E-state index contributed by atoms with van der Waals surface area (Å²) in [4.78, 5) is 4.92. The number of aromatic nitrogens is 2. The van der Waals surface area contributed by atoms with Crippen molar-refractivity contribution in [3.05, 3.63) is 11.5 Å². The Kier molecular flexibility index (Phi) is 4.43. The molecule has 1 saturated heterocycles. The van der Waals surface area contributed by atoms with Crippen LogP contribution in [0.4, 0.5) is 5.82 Å². The van der Waals surface area contributed by atoms with Crippen molar-refractivity contribution in [1.29, 1.82) is 0 Å². The highest BCUT2D eigenvalue weighted by Gasteiger charge is 2.29. The first kappa shape index (κ1) is 15.4. The normalized spacial score (nSPS) is 20.6. The monoisotopic (exact) mass is 279 g/mol. The van der Waals surface area contributed by atoms with E-state index < -0.39 is 0 Å². The van der Waals surface area contributed by atoms with Crippen LogP contribution in [-0.4, -0.2) is 22.8 Å². The summed E-state index contributed by atoms with van der Waals surface area (Å²) >= 11 is 0. The number of ether oxygens (including phenoxy) is 1. The lowest BCUT2D eigenvalue weighted by Gasteiger charge is -2.21. The molecular weight excluding hydrogens is 250 g/mol. The van der Waals surface area contributed by atoms with Crippen LogP contribution in [0.1, 0.15) is 64.9 Å². The van der Waals surface area contributed by atoms with Gasteiger partial charge in [0.1, 0.15) is 11.6 Å². The summed E-state index contributed by atoms with van der Waals surface area (Å²) in [7, 11) is 0. The first-order valence-corrected chi connectivity index (χ1v) is 7.74. The van der Waals surface area contributed by atoms with Gasteiger partial charge in [-0.15, -0.1) is 0 Å². The first-order chi connectivity index (χ1) is 9.30. The van der Waals surface area contributed by atoms with E-state index in [0.29, 0.717) is 11.8 Å². The van der Waals surface area contributed by atoms with Crippen molar-refractivity contribution in [1.82, 2.24) is 9.55 Å². The Labute approximate surface area is 122 Å². The molecule has 1 aliphatic rings. The summed E-state index contributed by atoms with van der Waals surface area (Å²) in [6.07, 6.45) is 2.23. The molecule has 20 heavy (non-hydrogen) atoms. The second kappa shape index (κ2) is 5.76. The number of anilines is 1. The molecule has 0 radical (unpaired) electrons. The van der Waals surface area contributed by atoms with E-state index in [2.05, 4.69) is 39.2 Å². The minimum absolute atomic E-state index is 0.0107. The zero-order valence-electron chi connectivity index (χ0n) is 13.6. The van der Waals surface area contributed by atoms with Crippen LogP contribution in [0.25, 0.3) is 0 Å². The molecule has 114 valence electrons. The predicted octanol–water partition coefficient (Wildman–Crippen LogP) is 3.31. The third kappa shape index (κ3) is 3.17. The third-order valence-electron chi connectivity index (χ3n) is 3.80. The molecule has 2 rings (SSSR count). The number of nitrogens with two attached hydrogens (primary N) is 1. The van der Waals surface area contributed by atoms with Crippen molar-refractivity contribution in [3.8, 4) is 0 Å². The van der Waals surface area contributed by atoms with Crippen LogP contribution in [0.3, 0.4) is 0 Å². The van der Waals surface area contributed by atoms with E-state index in [9.17, 15) is 0 Å². The van der Waals surface area contributed by atoms with Crippen LogP contribution in [0.2, 0.25) is 0 Å². The quantitative estimate of drug-likeness (QED) is 0.923. The van der Waals surface area contributed by atoms with Gasteiger partial charge in [-0.2, -0.15) is 0 Å². The summed E-state index contributed by atoms with van der Waals surface area (Å²) < 4.78 is 7.82. The highest BCUT2D eigenvalue weighted by Crippen LogP contribution is 2.33. The van der Waals surface area contributed by atoms with Crippen LogP contribution in [0, 0.1) is 5.92 Å². The molecule has 0 bridgehead atoms. The molecule has 1 atom stereocenters. The lowest BCUT2D eigenvalue weighted by atomic mass is 9.95. The van der Waals surface area contributed by atoms with Gasteiger partial charge in [0.25, 0.3) is 0 Å². The molecular formula is C16H29N3O. The van der Waals surface area contributed by atoms with Crippen LogP contribution in [0.15, 0.2) is 0 Å². The van der Waals surface area contributed by atoms with Gasteiger partial charge in [0.2, 0.25) is 0 Å². The SMILES string of the molecule is CC(C)Cn1c(C(C)(C)C)nc(C2CCCOC2)c1N. The minimum atomic E-state index is 0.0107. The molecule has 0 aliphatic carbocycles. The van der Waals surface area contributed by atoms with E-state index in [-0.39, 0.29) is 5.41 Å². The number of nitrogen functional groups attached to an aromatic ring is 1. The molecule has 0 aromatic carbocycles. The van der Waals surface area contributed by atoms with Crippen LogP contribution >= 0.6 is 0 Å². The Balaban J connectivity index is 2.40. The van der Waals surface area contributed by atoms with Gasteiger partial charge < -0.3 is 15.0 Å². The molecule has 0 saturated carbocycles. The van der Waals surface area contributed by atoms with Crippen molar-refractivity contribution in [3.63, 3.8) is 0 Å². The summed E-state index contributed by atoms with van der Waals surface area (Å²) in [5.41, 5.74) is 7.49. The minimum Gasteiger partial charge on any atom is -0.384 e. The summed E-state index contributed by atoms with van der Waals surface area (Å²) in [5.74, 6) is 2.87. The summed E-state index contributed by atoms with van der Waals surface area (Å²) in [6.45, 7) is 13.6. The first-order valence-electron chi connectivity index (χ1n) is 7.74. The van der Waals surface area contributed by atoms with E-state index in [1.807, 2.05) is 0 Å². The van der Waals surface area contributed by atoms with Gasteiger partial charge in [-0.1, -0.05) is 34.6 Å². The fraction of sp³-hybridized carbons (Fsp3) is 0.812. The topological polar surface area (TPSA) is 53.1 Å². The van der Waals surface area contributed by atoms with Crippen LogP contribution in [-0.2, 0) is 16.7 Å². The lowest BCUT2D eigenvalue weighted by molar-refractivity contribution is 0.0795. The van der Waals surface area contributed by atoms with Crippen molar-refractivity contribution in [2.45, 2.75) is 65.3 Å². The smallest absolute Gasteiger partial charge is 0.127 e. The third-order valence-corrected chi connectivity index (χ3v) is 3.80. The molecule has 1 unspecified atom stereocenters. The van der Waals surface area contributed by atoms with Crippen LogP contribution < -0.4 is 5.73 Å². The fourth-order valence-electron chi connectivity index (χ4n) is 2.86. The fourth-order valence-corrected chi connectivity index (χ4v) is 2.86. The second-order valence-corrected chi connectivity index (χ2v) is 7.37. The van der Waals surface area contributed by atoms with Gasteiger partial charge >= 0.3 is 0 Å². The second-order valence-electron chi connectivity index (χ2n) is 7.37. The standard InChI is InChI=1S/C16H29N3O/c1-11(2)9-19-14(17)13(12-7-6-8-20-10-12)18-15(19)16(3,4)5/h11-12H,6-10,17H2,1-5H3. The van der Waals surface area contributed by atoms with Crippen molar-refractivity contribution < 1.29 is 4.74 Å². The van der Waals surface area contributed by atoms with Crippen molar-refractivity contribution in [2.75, 3.05) is 18.9 Å². The molecule has 4 heteroatoms. The van der Waals surface area contributed by atoms with Gasteiger partial charge in [-0.3, -0.25) is 0 Å².